The maximum atomic E-state index is 11.5. The number of hydrogen-bond acceptors (Lipinski definition) is 3. The summed E-state index contributed by atoms with van der Waals surface area (Å²) in [5.41, 5.74) is 1.86. The van der Waals surface area contributed by atoms with E-state index in [1.807, 2.05) is 19.1 Å². The van der Waals surface area contributed by atoms with Gasteiger partial charge >= 0.3 is 5.97 Å². The summed E-state index contributed by atoms with van der Waals surface area (Å²) in [6, 6.07) is 7.35. The highest BCUT2D eigenvalue weighted by molar-refractivity contribution is 7.91. The molecular weight excluding hydrogens is 240 g/mol. The van der Waals surface area contributed by atoms with E-state index in [4.69, 9.17) is 5.11 Å². The van der Waals surface area contributed by atoms with Crippen LogP contribution >= 0.6 is 0 Å². The van der Waals surface area contributed by atoms with Gasteiger partial charge in [0, 0.05) is 12.2 Å². The third-order valence-electron chi connectivity index (χ3n) is 3.20. The highest BCUT2D eigenvalue weighted by atomic mass is 32.2. The van der Waals surface area contributed by atoms with Crippen molar-refractivity contribution in [1.29, 1.82) is 0 Å². The predicted octanol–water partition coefficient (Wildman–Crippen LogP) is 1.21. The lowest BCUT2D eigenvalue weighted by Crippen LogP contribution is -2.10. The third kappa shape index (κ3) is 2.20. The predicted molar refractivity (Wildman–Crippen MR) is 63.7 cm³/mol. The molecule has 92 valence electrons. The van der Waals surface area contributed by atoms with Gasteiger partial charge in [0.15, 0.2) is 9.84 Å². The van der Waals surface area contributed by atoms with Crippen molar-refractivity contribution in [3.63, 3.8) is 0 Å². The van der Waals surface area contributed by atoms with E-state index in [1.54, 1.807) is 12.1 Å². The molecule has 1 saturated carbocycles. The number of rotatable bonds is 3. The first-order chi connectivity index (χ1) is 7.82. The molecule has 0 unspecified atom stereocenters. The van der Waals surface area contributed by atoms with Gasteiger partial charge in [-0.2, -0.15) is 0 Å². The summed E-state index contributed by atoms with van der Waals surface area (Å²) >= 11 is 0. The number of carbonyl (C=O) groups is 1. The smallest absolute Gasteiger partial charge is 0.308 e. The van der Waals surface area contributed by atoms with Crippen molar-refractivity contribution in [2.24, 2.45) is 5.92 Å². The van der Waals surface area contributed by atoms with Crippen LogP contribution in [0, 0.1) is 12.8 Å². The quantitative estimate of drug-likeness (QED) is 0.880. The van der Waals surface area contributed by atoms with Gasteiger partial charge in [-0.05, 0) is 12.5 Å². The second-order valence-corrected chi connectivity index (χ2v) is 6.80. The van der Waals surface area contributed by atoms with E-state index in [0.29, 0.717) is 0 Å². The molecule has 4 nitrogen and oxygen atoms in total. The lowest BCUT2D eigenvalue weighted by Gasteiger charge is -1.99. The van der Waals surface area contributed by atoms with Gasteiger partial charge in [-0.3, -0.25) is 4.79 Å². The molecule has 0 bridgehead atoms. The normalized spacial score (nSPS) is 27.8. The number of carboxylic acids is 1. The maximum absolute atomic E-state index is 11.5. The number of aliphatic carboxylic acids is 1. The summed E-state index contributed by atoms with van der Waals surface area (Å²) in [4.78, 5) is 11.0. The summed E-state index contributed by atoms with van der Waals surface area (Å²) in [6.45, 7) is 1.93. The Morgan fingerprint density at radius 1 is 1.24 bits per heavy atom. The SMILES string of the molecule is Cc1ccc([C@H]2[C@H](C(=O)O)[C@@H]2S(C)(=O)=O)cc1. The van der Waals surface area contributed by atoms with Crippen molar-refractivity contribution in [3.8, 4) is 0 Å². The summed E-state index contributed by atoms with van der Waals surface area (Å²) in [6.07, 6.45) is 1.10. The van der Waals surface area contributed by atoms with Crippen LogP contribution in [-0.4, -0.2) is 31.0 Å². The molecule has 1 aromatic carbocycles. The van der Waals surface area contributed by atoms with Crippen LogP contribution in [0.15, 0.2) is 24.3 Å². The molecule has 2 rings (SSSR count). The molecule has 0 radical (unpaired) electrons. The van der Waals surface area contributed by atoms with E-state index in [9.17, 15) is 13.2 Å². The van der Waals surface area contributed by atoms with Gasteiger partial charge in [0.25, 0.3) is 0 Å². The van der Waals surface area contributed by atoms with Crippen molar-refractivity contribution in [3.05, 3.63) is 35.4 Å². The fourth-order valence-corrected chi connectivity index (χ4v) is 3.88. The van der Waals surface area contributed by atoms with Crippen molar-refractivity contribution in [2.75, 3.05) is 6.26 Å². The fraction of sp³-hybridized carbons (Fsp3) is 0.417. The van der Waals surface area contributed by atoms with E-state index >= 15 is 0 Å². The minimum Gasteiger partial charge on any atom is -0.481 e. The van der Waals surface area contributed by atoms with Crippen LogP contribution < -0.4 is 0 Å². The van der Waals surface area contributed by atoms with Crippen molar-refractivity contribution < 1.29 is 18.3 Å². The average molecular weight is 254 g/mol. The van der Waals surface area contributed by atoms with Gasteiger partial charge in [0.05, 0.1) is 11.2 Å². The summed E-state index contributed by atoms with van der Waals surface area (Å²) < 4.78 is 23.0. The van der Waals surface area contributed by atoms with Crippen LogP contribution in [0.4, 0.5) is 0 Å². The number of hydrogen-bond donors (Lipinski definition) is 1. The van der Waals surface area contributed by atoms with Gasteiger partial charge in [0.2, 0.25) is 0 Å². The first-order valence-corrected chi connectivity index (χ1v) is 7.26. The minimum atomic E-state index is -3.31. The molecule has 1 aliphatic rings. The monoisotopic (exact) mass is 254 g/mol. The van der Waals surface area contributed by atoms with E-state index in [2.05, 4.69) is 0 Å². The molecule has 1 aromatic rings. The first kappa shape index (κ1) is 12.1. The zero-order valence-corrected chi connectivity index (χ0v) is 10.4. The number of benzene rings is 1. The molecule has 0 aliphatic heterocycles. The lowest BCUT2D eigenvalue weighted by atomic mass is 10.1. The van der Waals surface area contributed by atoms with E-state index < -0.39 is 32.9 Å². The summed E-state index contributed by atoms with van der Waals surface area (Å²) in [5.74, 6) is -2.23. The zero-order chi connectivity index (χ0) is 12.8. The van der Waals surface area contributed by atoms with Gasteiger partial charge in [-0.1, -0.05) is 29.8 Å². The Balaban J connectivity index is 2.34. The largest absolute Gasteiger partial charge is 0.481 e. The van der Waals surface area contributed by atoms with E-state index in [-0.39, 0.29) is 0 Å². The van der Waals surface area contributed by atoms with Crippen LogP contribution in [0.3, 0.4) is 0 Å². The molecule has 3 atom stereocenters. The van der Waals surface area contributed by atoms with Crippen LogP contribution in [0.2, 0.25) is 0 Å². The van der Waals surface area contributed by atoms with Crippen LogP contribution in [0.1, 0.15) is 17.0 Å². The van der Waals surface area contributed by atoms with Crippen LogP contribution in [0.25, 0.3) is 0 Å². The Morgan fingerprint density at radius 2 is 1.76 bits per heavy atom. The highest BCUT2D eigenvalue weighted by Crippen LogP contribution is 2.52. The van der Waals surface area contributed by atoms with Crippen LogP contribution in [-0.2, 0) is 14.6 Å². The molecular formula is C12H14O4S. The summed E-state index contributed by atoms with van der Waals surface area (Å²) in [7, 11) is -3.31. The standard InChI is InChI=1S/C12H14O4S/c1-7-3-5-8(6-4-7)9-10(12(13)14)11(9)17(2,15)16/h3-6,9-11H,1-2H3,(H,13,14)/t9-,10-,11+/m0/s1. The zero-order valence-electron chi connectivity index (χ0n) is 9.62. The molecule has 0 amide bonds. The lowest BCUT2D eigenvalue weighted by molar-refractivity contribution is -0.138. The van der Waals surface area contributed by atoms with Gasteiger partial charge < -0.3 is 5.11 Å². The molecule has 1 fully saturated rings. The molecule has 0 spiro atoms. The highest BCUT2D eigenvalue weighted by Gasteiger charge is 2.61. The molecule has 0 saturated heterocycles. The Morgan fingerprint density at radius 3 is 2.12 bits per heavy atom. The fourth-order valence-electron chi connectivity index (χ4n) is 2.30. The maximum Gasteiger partial charge on any atom is 0.308 e. The van der Waals surface area contributed by atoms with Gasteiger partial charge in [-0.25, -0.2) is 8.42 Å². The van der Waals surface area contributed by atoms with Crippen molar-refractivity contribution in [2.45, 2.75) is 18.1 Å². The second-order valence-electron chi connectivity index (χ2n) is 4.59. The molecule has 0 aromatic heterocycles. The number of carboxylic acid groups (broad SMARTS) is 1. The topological polar surface area (TPSA) is 71.4 Å². The Bertz CT molecular complexity index is 544. The molecule has 5 heteroatoms. The average Bonchev–Trinajstić information content (AvgIpc) is 2.93. The Kier molecular flexibility index (Phi) is 2.73. The first-order valence-electron chi connectivity index (χ1n) is 5.30. The van der Waals surface area contributed by atoms with E-state index in [1.165, 1.54) is 0 Å². The van der Waals surface area contributed by atoms with Gasteiger partial charge in [-0.15, -0.1) is 0 Å². The molecule has 0 heterocycles. The molecule has 17 heavy (non-hydrogen) atoms. The Labute approximate surface area is 100 Å². The third-order valence-corrected chi connectivity index (χ3v) is 4.77. The molecule has 1 aliphatic carbocycles. The Hall–Kier alpha value is -1.36. The van der Waals surface area contributed by atoms with E-state index in [0.717, 1.165) is 17.4 Å². The summed E-state index contributed by atoms with van der Waals surface area (Å²) in [5, 5.41) is 8.23. The van der Waals surface area contributed by atoms with Crippen LogP contribution in [0.5, 0.6) is 0 Å². The second kappa shape index (κ2) is 3.84. The molecule has 1 N–H and O–H groups in total. The number of aryl methyl sites for hydroxylation is 1. The van der Waals surface area contributed by atoms with Crippen molar-refractivity contribution >= 4 is 15.8 Å². The number of sulfone groups is 1. The van der Waals surface area contributed by atoms with Crippen molar-refractivity contribution in [1.82, 2.24) is 0 Å². The van der Waals surface area contributed by atoms with Gasteiger partial charge in [0.1, 0.15) is 0 Å². The minimum absolute atomic E-state index is 0.400.